The van der Waals surface area contributed by atoms with Crippen LogP contribution in [-0.4, -0.2) is 5.25 Å². The number of benzene rings is 1. The van der Waals surface area contributed by atoms with E-state index in [2.05, 4.69) is 70.8 Å². The largest absolute Gasteiger partial charge is 0.303 e. The molecule has 0 bridgehead atoms. The summed E-state index contributed by atoms with van der Waals surface area (Å²) < 4.78 is 2.67. The van der Waals surface area contributed by atoms with Crippen molar-refractivity contribution in [3.05, 3.63) is 51.3 Å². The summed E-state index contributed by atoms with van der Waals surface area (Å²) in [5.74, 6) is 0. The van der Waals surface area contributed by atoms with Crippen LogP contribution in [0.4, 0.5) is 0 Å². The predicted molar refractivity (Wildman–Crippen MR) is 92.7 cm³/mol. The average molecular weight is 368 g/mol. The molecule has 1 N–H and O–H groups in total. The van der Waals surface area contributed by atoms with Gasteiger partial charge in [0.15, 0.2) is 0 Å². The molecule has 1 aromatic heterocycles. The molecule has 0 fully saturated rings. The predicted octanol–water partition coefficient (Wildman–Crippen LogP) is 5.79. The van der Waals surface area contributed by atoms with Gasteiger partial charge in [-0.1, -0.05) is 41.1 Å². The van der Waals surface area contributed by atoms with E-state index < -0.39 is 0 Å². The molecular formula is C16H18BrNS2. The smallest absolute Gasteiger partial charge is 0.0649 e. The van der Waals surface area contributed by atoms with Gasteiger partial charge in [0.05, 0.1) is 4.21 Å². The van der Waals surface area contributed by atoms with Crippen molar-refractivity contribution in [1.29, 1.82) is 0 Å². The second-order valence-electron chi connectivity index (χ2n) is 5.29. The van der Waals surface area contributed by atoms with E-state index in [4.69, 9.17) is 0 Å². The minimum Gasteiger partial charge on any atom is -0.303 e. The molecule has 1 aliphatic heterocycles. The molecule has 1 nitrogen and oxygen atoms in total. The van der Waals surface area contributed by atoms with E-state index in [1.807, 2.05) is 23.1 Å². The van der Waals surface area contributed by atoms with Crippen LogP contribution >= 0.6 is 39.0 Å². The number of hydrogen-bond acceptors (Lipinski definition) is 3. The Morgan fingerprint density at radius 1 is 1.30 bits per heavy atom. The minimum absolute atomic E-state index is 0.346. The van der Waals surface area contributed by atoms with E-state index in [0.717, 1.165) is 0 Å². The maximum atomic E-state index is 3.81. The van der Waals surface area contributed by atoms with Crippen LogP contribution < -0.4 is 5.32 Å². The second-order valence-corrected chi connectivity index (χ2v) is 8.77. The van der Waals surface area contributed by atoms with Crippen molar-refractivity contribution in [3.63, 3.8) is 0 Å². The topological polar surface area (TPSA) is 12.0 Å². The fourth-order valence-electron chi connectivity index (χ4n) is 2.72. The Labute approximate surface area is 137 Å². The summed E-state index contributed by atoms with van der Waals surface area (Å²) in [5, 5.41) is 6.71. The Balaban J connectivity index is 1.80. The van der Waals surface area contributed by atoms with Gasteiger partial charge in [-0.25, -0.2) is 0 Å². The van der Waals surface area contributed by atoms with Crippen LogP contribution in [0.2, 0.25) is 0 Å². The van der Waals surface area contributed by atoms with Crippen LogP contribution in [0.1, 0.15) is 43.5 Å². The lowest BCUT2D eigenvalue weighted by atomic mass is 10.0. The SMILES string of the molecule is C[C@H]1CC(N[C@H](C)c2ccccc2Br)c2ccsc2S1. The Bertz CT molecular complexity index is 596. The minimum atomic E-state index is 0.346. The van der Waals surface area contributed by atoms with E-state index in [0.29, 0.717) is 17.3 Å². The monoisotopic (exact) mass is 367 g/mol. The highest BCUT2D eigenvalue weighted by atomic mass is 79.9. The molecule has 1 aromatic carbocycles. The van der Waals surface area contributed by atoms with Gasteiger partial charge >= 0.3 is 0 Å². The maximum Gasteiger partial charge on any atom is 0.0649 e. The van der Waals surface area contributed by atoms with Gasteiger partial charge in [-0.05, 0) is 42.0 Å². The summed E-state index contributed by atoms with van der Waals surface area (Å²) >= 11 is 7.55. The van der Waals surface area contributed by atoms with Gasteiger partial charge in [0, 0.05) is 21.8 Å². The Kier molecular flexibility index (Phi) is 4.55. The van der Waals surface area contributed by atoms with Crippen molar-refractivity contribution in [2.45, 2.75) is 41.8 Å². The number of nitrogens with one attached hydrogen (secondary N) is 1. The normalized spacial score (nSPS) is 23.4. The Morgan fingerprint density at radius 2 is 2.10 bits per heavy atom. The Morgan fingerprint density at radius 3 is 2.90 bits per heavy atom. The fraction of sp³-hybridized carbons (Fsp3) is 0.375. The van der Waals surface area contributed by atoms with Gasteiger partial charge in [0.2, 0.25) is 0 Å². The van der Waals surface area contributed by atoms with Crippen LogP contribution in [0.5, 0.6) is 0 Å². The zero-order valence-electron chi connectivity index (χ0n) is 11.6. The maximum absolute atomic E-state index is 3.81. The molecular weight excluding hydrogens is 350 g/mol. The summed E-state index contributed by atoms with van der Waals surface area (Å²) in [6, 6.07) is 11.6. The zero-order chi connectivity index (χ0) is 14.1. The average Bonchev–Trinajstić information content (AvgIpc) is 2.87. The number of halogens is 1. The highest BCUT2D eigenvalue weighted by molar-refractivity contribution is 9.10. The standard InChI is InChI=1S/C16H18BrNS2/c1-10-9-15(13-7-8-19-16(13)20-10)18-11(2)12-5-3-4-6-14(12)17/h3-8,10-11,15,18H,9H2,1-2H3/t10-,11+,15?/m0/s1. The van der Waals surface area contributed by atoms with E-state index in [1.165, 1.54) is 26.2 Å². The molecule has 3 rings (SSSR count). The van der Waals surface area contributed by atoms with Gasteiger partial charge in [-0.15, -0.1) is 23.1 Å². The lowest BCUT2D eigenvalue weighted by Crippen LogP contribution is -2.28. The molecule has 106 valence electrons. The summed E-state index contributed by atoms with van der Waals surface area (Å²) in [6.07, 6.45) is 1.20. The number of rotatable bonds is 3. The first-order valence-corrected chi connectivity index (χ1v) is 9.45. The highest BCUT2D eigenvalue weighted by Gasteiger charge is 2.27. The Hall–Kier alpha value is -0.290. The molecule has 0 radical (unpaired) electrons. The second kappa shape index (κ2) is 6.22. The van der Waals surface area contributed by atoms with Crippen LogP contribution in [0.25, 0.3) is 0 Å². The molecule has 4 heteroatoms. The van der Waals surface area contributed by atoms with Gasteiger partial charge in [-0.2, -0.15) is 0 Å². The van der Waals surface area contributed by atoms with Gasteiger partial charge in [-0.3, -0.25) is 0 Å². The molecule has 1 aliphatic rings. The molecule has 1 unspecified atom stereocenters. The first kappa shape index (κ1) is 14.6. The third kappa shape index (κ3) is 2.98. The third-order valence-electron chi connectivity index (χ3n) is 3.73. The third-order valence-corrected chi connectivity index (χ3v) is 6.80. The van der Waals surface area contributed by atoms with Gasteiger partial charge in [0.25, 0.3) is 0 Å². The first-order valence-electron chi connectivity index (χ1n) is 6.89. The van der Waals surface area contributed by atoms with Crippen LogP contribution in [0.15, 0.2) is 44.4 Å². The first-order chi connectivity index (χ1) is 9.65. The number of thiophene rings is 1. The summed E-state index contributed by atoms with van der Waals surface area (Å²) in [7, 11) is 0. The molecule has 20 heavy (non-hydrogen) atoms. The van der Waals surface area contributed by atoms with E-state index in [-0.39, 0.29) is 0 Å². The van der Waals surface area contributed by atoms with Crippen molar-refractivity contribution >= 4 is 39.0 Å². The molecule has 0 amide bonds. The number of thioether (sulfide) groups is 1. The number of fused-ring (bicyclic) bond motifs is 1. The van der Waals surface area contributed by atoms with Crippen molar-refractivity contribution in [1.82, 2.24) is 5.32 Å². The van der Waals surface area contributed by atoms with E-state index in [9.17, 15) is 0 Å². The van der Waals surface area contributed by atoms with Crippen LogP contribution in [0.3, 0.4) is 0 Å². The molecule has 0 spiro atoms. The van der Waals surface area contributed by atoms with Crippen molar-refractivity contribution in [3.8, 4) is 0 Å². The van der Waals surface area contributed by atoms with Crippen molar-refractivity contribution in [2.24, 2.45) is 0 Å². The van der Waals surface area contributed by atoms with E-state index >= 15 is 0 Å². The van der Waals surface area contributed by atoms with Crippen molar-refractivity contribution < 1.29 is 0 Å². The quantitative estimate of drug-likeness (QED) is 0.736. The highest BCUT2D eigenvalue weighted by Crippen LogP contribution is 2.44. The van der Waals surface area contributed by atoms with Crippen LogP contribution in [-0.2, 0) is 0 Å². The van der Waals surface area contributed by atoms with Crippen LogP contribution in [0, 0.1) is 0 Å². The van der Waals surface area contributed by atoms with Gasteiger partial charge < -0.3 is 5.32 Å². The molecule has 0 saturated carbocycles. The lowest BCUT2D eigenvalue weighted by Gasteiger charge is -2.30. The molecule has 3 atom stereocenters. The summed E-state index contributed by atoms with van der Waals surface area (Å²) in [6.45, 7) is 4.57. The number of hydrogen-bond donors (Lipinski definition) is 1. The summed E-state index contributed by atoms with van der Waals surface area (Å²) in [5.41, 5.74) is 2.81. The molecule has 2 aromatic rings. The van der Waals surface area contributed by atoms with Crippen molar-refractivity contribution in [2.75, 3.05) is 0 Å². The lowest BCUT2D eigenvalue weighted by molar-refractivity contribution is 0.434. The van der Waals surface area contributed by atoms with E-state index in [1.54, 1.807) is 0 Å². The molecule has 0 aliphatic carbocycles. The molecule has 0 saturated heterocycles. The zero-order valence-corrected chi connectivity index (χ0v) is 14.8. The van der Waals surface area contributed by atoms with Gasteiger partial charge in [0.1, 0.15) is 0 Å². The fourth-order valence-corrected chi connectivity index (χ4v) is 5.92. The molecule has 2 heterocycles. The summed E-state index contributed by atoms with van der Waals surface area (Å²) in [4.78, 5) is 0.